The largest absolute Gasteiger partial charge is 0.377 e. The summed E-state index contributed by atoms with van der Waals surface area (Å²) in [5.74, 6) is 2.40. The average molecular weight is 169 g/mol. The highest BCUT2D eigenvalue weighted by atomic mass is 16.5. The van der Waals surface area contributed by atoms with Gasteiger partial charge in [0.1, 0.15) is 0 Å². The van der Waals surface area contributed by atoms with Crippen LogP contribution in [0.5, 0.6) is 0 Å². The molecule has 2 aliphatic heterocycles. The van der Waals surface area contributed by atoms with E-state index in [1.165, 1.54) is 6.54 Å². The van der Waals surface area contributed by atoms with Crippen LogP contribution in [0, 0.1) is 17.8 Å². The number of nitrogens with one attached hydrogen (secondary N) is 1. The lowest BCUT2D eigenvalue weighted by atomic mass is 9.73. The number of hydrogen-bond donors (Lipinski definition) is 1. The summed E-state index contributed by atoms with van der Waals surface area (Å²) in [5, 5.41) is 3.63. The van der Waals surface area contributed by atoms with E-state index < -0.39 is 0 Å². The molecule has 2 aliphatic rings. The Bertz CT molecular complexity index is 175. The Kier molecular flexibility index (Phi) is 1.92. The maximum absolute atomic E-state index is 5.33. The van der Waals surface area contributed by atoms with Crippen molar-refractivity contribution in [2.24, 2.45) is 17.8 Å². The summed E-state index contributed by atoms with van der Waals surface area (Å²) in [5.41, 5.74) is 0.355. The molecule has 2 heteroatoms. The molecule has 0 aromatic heterocycles. The molecule has 2 saturated heterocycles. The first kappa shape index (κ1) is 8.52. The monoisotopic (exact) mass is 169 g/mol. The second-order valence-corrected chi connectivity index (χ2v) is 4.78. The summed E-state index contributed by atoms with van der Waals surface area (Å²) in [6.45, 7) is 10.0. The molecule has 2 atom stereocenters. The lowest BCUT2D eigenvalue weighted by Crippen LogP contribution is -2.61. The molecular formula is C10H19NO. The molecule has 1 unspecified atom stereocenters. The molecule has 2 nitrogen and oxygen atoms in total. The molecule has 2 fully saturated rings. The third-order valence-corrected chi connectivity index (χ3v) is 3.46. The molecule has 2 rings (SSSR count). The highest BCUT2D eigenvalue weighted by Gasteiger charge is 2.52. The van der Waals surface area contributed by atoms with Gasteiger partial charge in [0.15, 0.2) is 0 Å². The van der Waals surface area contributed by atoms with E-state index in [-0.39, 0.29) is 0 Å². The zero-order chi connectivity index (χ0) is 8.77. The molecule has 0 aromatic rings. The molecule has 0 aromatic carbocycles. The summed E-state index contributed by atoms with van der Waals surface area (Å²) in [6, 6.07) is 0. The normalized spacial score (nSPS) is 39.0. The first-order valence-corrected chi connectivity index (χ1v) is 4.98. The highest BCUT2D eigenvalue weighted by Crippen LogP contribution is 2.41. The molecule has 1 spiro atoms. The van der Waals surface area contributed by atoms with Crippen LogP contribution in [0.1, 0.15) is 20.8 Å². The van der Waals surface area contributed by atoms with E-state index in [1.54, 1.807) is 0 Å². The van der Waals surface area contributed by atoms with Gasteiger partial charge in [0.25, 0.3) is 0 Å². The summed E-state index contributed by atoms with van der Waals surface area (Å²) in [7, 11) is 0. The molecule has 0 radical (unpaired) electrons. The van der Waals surface area contributed by atoms with Gasteiger partial charge in [0, 0.05) is 0 Å². The van der Waals surface area contributed by atoms with Gasteiger partial charge in [0.05, 0.1) is 18.8 Å². The van der Waals surface area contributed by atoms with Crippen molar-refractivity contribution in [3.05, 3.63) is 0 Å². The Morgan fingerprint density at radius 1 is 1.42 bits per heavy atom. The zero-order valence-corrected chi connectivity index (χ0v) is 8.26. The maximum atomic E-state index is 5.33. The van der Waals surface area contributed by atoms with Crippen LogP contribution in [0.15, 0.2) is 0 Å². The Morgan fingerprint density at radius 3 is 2.42 bits per heavy atom. The van der Waals surface area contributed by atoms with E-state index in [4.69, 9.17) is 4.74 Å². The first-order chi connectivity index (χ1) is 5.66. The van der Waals surface area contributed by atoms with Gasteiger partial charge in [-0.1, -0.05) is 20.8 Å². The van der Waals surface area contributed by atoms with Gasteiger partial charge in [-0.25, -0.2) is 0 Å². The van der Waals surface area contributed by atoms with E-state index in [0.717, 1.165) is 31.0 Å². The van der Waals surface area contributed by atoms with Gasteiger partial charge in [-0.15, -0.1) is 0 Å². The minimum absolute atomic E-state index is 0.355. The Morgan fingerprint density at radius 2 is 2.08 bits per heavy atom. The second-order valence-electron chi connectivity index (χ2n) is 4.78. The summed E-state index contributed by atoms with van der Waals surface area (Å²) in [4.78, 5) is 0. The van der Waals surface area contributed by atoms with Crippen molar-refractivity contribution in [1.29, 1.82) is 0 Å². The molecule has 0 aliphatic carbocycles. The maximum Gasteiger partial charge on any atom is 0.0687 e. The van der Waals surface area contributed by atoms with Crippen molar-refractivity contribution < 1.29 is 4.74 Å². The SMILES string of the molecule is CC(C)C1[C@@H](C)CNC12COC2. The predicted octanol–water partition coefficient (Wildman–Crippen LogP) is 1.27. The quantitative estimate of drug-likeness (QED) is 0.638. The Labute approximate surface area is 74.7 Å². The molecule has 0 amide bonds. The van der Waals surface area contributed by atoms with Gasteiger partial charge in [-0.2, -0.15) is 0 Å². The minimum Gasteiger partial charge on any atom is -0.377 e. The lowest BCUT2D eigenvalue weighted by Gasteiger charge is -2.45. The smallest absolute Gasteiger partial charge is 0.0687 e. The summed E-state index contributed by atoms with van der Waals surface area (Å²) >= 11 is 0. The lowest BCUT2D eigenvalue weighted by molar-refractivity contribution is -0.0990. The van der Waals surface area contributed by atoms with Crippen LogP contribution < -0.4 is 5.32 Å². The van der Waals surface area contributed by atoms with Crippen LogP contribution in [-0.4, -0.2) is 25.3 Å². The predicted molar refractivity (Wildman–Crippen MR) is 49.0 cm³/mol. The van der Waals surface area contributed by atoms with Crippen LogP contribution in [-0.2, 0) is 4.74 Å². The second kappa shape index (κ2) is 2.71. The third-order valence-electron chi connectivity index (χ3n) is 3.46. The molecule has 0 saturated carbocycles. The molecule has 0 bridgehead atoms. The standard InChI is InChI=1S/C10H19NO/c1-7(2)9-8(3)4-11-10(9)5-12-6-10/h7-9,11H,4-6H2,1-3H3/t8-,9?/m0/s1. The van der Waals surface area contributed by atoms with Gasteiger partial charge in [0.2, 0.25) is 0 Å². The minimum atomic E-state index is 0.355. The van der Waals surface area contributed by atoms with Gasteiger partial charge in [-0.05, 0) is 24.3 Å². The van der Waals surface area contributed by atoms with E-state index in [2.05, 4.69) is 26.1 Å². The van der Waals surface area contributed by atoms with E-state index in [9.17, 15) is 0 Å². The summed E-state index contributed by atoms with van der Waals surface area (Å²) in [6.07, 6.45) is 0. The van der Waals surface area contributed by atoms with Crippen molar-refractivity contribution >= 4 is 0 Å². The van der Waals surface area contributed by atoms with E-state index >= 15 is 0 Å². The number of ether oxygens (including phenoxy) is 1. The van der Waals surface area contributed by atoms with Crippen LogP contribution in [0.2, 0.25) is 0 Å². The van der Waals surface area contributed by atoms with Gasteiger partial charge in [-0.3, -0.25) is 0 Å². The molecule has 1 N–H and O–H groups in total. The van der Waals surface area contributed by atoms with E-state index in [0.29, 0.717) is 5.54 Å². The topological polar surface area (TPSA) is 21.3 Å². The average Bonchev–Trinajstić information content (AvgIpc) is 2.25. The molecule has 70 valence electrons. The Hall–Kier alpha value is -0.0800. The third kappa shape index (κ3) is 1.01. The fraction of sp³-hybridized carbons (Fsp3) is 1.00. The van der Waals surface area contributed by atoms with Gasteiger partial charge >= 0.3 is 0 Å². The van der Waals surface area contributed by atoms with Crippen LogP contribution in [0.3, 0.4) is 0 Å². The van der Waals surface area contributed by atoms with Crippen LogP contribution >= 0.6 is 0 Å². The zero-order valence-electron chi connectivity index (χ0n) is 8.26. The Balaban J connectivity index is 2.14. The molecular weight excluding hydrogens is 150 g/mol. The van der Waals surface area contributed by atoms with Crippen LogP contribution in [0.25, 0.3) is 0 Å². The van der Waals surface area contributed by atoms with Crippen molar-refractivity contribution in [2.45, 2.75) is 26.3 Å². The number of hydrogen-bond acceptors (Lipinski definition) is 2. The fourth-order valence-electron chi connectivity index (χ4n) is 3.07. The first-order valence-electron chi connectivity index (χ1n) is 4.98. The summed E-state index contributed by atoms with van der Waals surface area (Å²) < 4.78 is 5.33. The number of rotatable bonds is 1. The van der Waals surface area contributed by atoms with Crippen molar-refractivity contribution in [2.75, 3.05) is 19.8 Å². The van der Waals surface area contributed by atoms with Crippen molar-refractivity contribution in [3.63, 3.8) is 0 Å². The molecule has 2 heterocycles. The van der Waals surface area contributed by atoms with Crippen molar-refractivity contribution in [1.82, 2.24) is 5.32 Å². The highest BCUT2D eigenvalue weighted by molar-refractivity contribution is 5.07. The van der Waals surface area contributed by atoms with E-state index in [1.807, 2.05) is 0 Å². The van der Waals surface area contributed by atoms with Gasteiger partial charge < -0.3 is 10.1 Å². The fourth-order valence-corrected chi connectivity index (χ4v) is 3.07. The van der Waals surface area contributed by atoms with Crippen molar-refractivity contribution in [3.8, 4) is 0 Å². The molecule has 12 heavy (non-hydrogen) atoms. The van der Waals surface area contributed by atoms with Crippen LogP contribution in [0.4, 0.5) is 0 Å².